The van der Waals surface area contributed by atoms with Gasteiger partial charge in [-0.25, -0.2) is 0 Å². The summed E-state index contributed by atoms with van der Waals surface area (Å²) in [5.74, 6) is -0.155. The Morgan fingerprint density at radius 3 is 2.79 bits per heavy atom. The van der Waals surface area contributed by atoms with E-state index in [0.717, 1.165) is 18.8 Å². The van der Waals surface area contributed by atoms with Gasteiger partial charge in [0, 0.05) is 30.4 Å². The zero-order valence-electron chi connectivity index (χ0n) is 11.0. The number of hydrogen-bond donors (Lipinski definition) is 4. The van der Waals surface area contributed by atoms with Gasteiger partial charge in [0.15, 0.2) is 0 Å². The molecule has 19 heavy (non-hydrogen) atoms. The van der Waals surface area contributed by atoms with Gasteiger partial charge in [0.25, 0.3) is 5.91 Å². The van der Waals surface area contributed by atoms with Crippen LogP contribution in [0.15, 0.2) is 24.3 Å². The molecule has 0 aromatic heterocycles. The molecule has 1 atom stereocenters. The lowest BCUT2D eigenvalue weighted by molar-refractivity contribution is 0.0945. The Hall–Kier alpha value is -1.59. The molecule has 1 aliphatic rings. The number of anilines is 1. The maximum Gasteiger partial charge on any atom is 0.251 e. The van der Waals surface area contributed by atoms with E-state index in [1.807, 2.05) is 12.1 Å². The molecule has 4 N–H and O–H groups in total. The fourth-order valence-corrected chi connectivity index (χ4v) is 2.18. The lowest BCUT2D eigenvalue weighted by Gasteiger charge is -2.12. The van der Waals surface area contributed by atoms with E-state index in [2.05, 4.69) is 16.0 Å². The largest absolute Gasteiger partial charge is 0.395 e. The van der Waals surface area contributed by atoms with Crippen molar-refractivity contribution in [1.29, 1.82) is 0 Å². The molecule has 0 bridgehead atoms. The first-order valence-electron chi connectivity index (χ1n) is 6.76. The average Bonchev–Trinajstić information content (AvgIpc) is 2.96. The molecular formula is C14H21N3O2. The van der Waals surface area contributed by atoms with Crippen molar-refractivity contribution in [2.24, 2.45) is 0 Å². The first kappa shape index (κ1) is 13.8. The van der Waals surface area contributed by atoms with Crippen LogP contribution in [0.2, 0.25) is 0 Å². The standard InChI is InChI=1S/C14H21N3O2/c18-9-8-16-14(19)11-3-5-12(6-4-11)17-10-13-2-1-7-15-13/h3-6,13,15,17-18H,1-2,7-10H2,(H,16,19). The Morgan fingerprint density at radius 1 is 1.37 bits per heavy atom. The highest BCUT2D eigenvalue weighted by Crippen LogP contribution is 2.11. The summed E-state index contributed by atoms with van der Waals surface area (Å²) in [6, 6.07) is 7.94. The Kier molecular flexibility index (Phi) is 5.18. The predicted molar refractivity (Wildman–Crippen MR) is 75.4 cm³/mol. The summed E-state index contributed by atoms with van der Waals surface area (Å²) in [4.78, 5) is 11.6. The van der Waals surface area contributed by atoms with Crippen LogP contribution in [0.3, 0.4) is 0 Å². The second kappa shape index (κ2) is 7.11. The molecule has 1 saturated heterocycles. The number of rotatable bonds is 6. The van der Waals surface area contributed by atoms with Crippen LogP contribution in [-0.4, -0.2) is 43.3 Å². The van der Waals surface area contributed by atoms with Crippen molar-refractivity contribution < 1.29 is 9.90 Å². The van der Waals surface area contributed by atoms with Crippen LogP contribution in [-0.2, 0) is 0 Å². The number of nitrogens with one attached hydrogen (secondary N) is 3. The highest BCUT2D eigenvalue weighted by molar-refractivity contribution is 5.94. The zero-order valence-corrected chi connectivity index (χ0v) is 11.0. The summed E-state index contributed by atoms with van der Waals surface area (Å²) in [6.07, 6.45) is 2.46. The van der Waals surface area contributed by atoms with Crippen molar-refractivity contribution in [2.45, 2.75) is 18.9 Å². The summed E-state index contributed by atoms with van der Waals surface area (Å²) < 4.78 is 0. The van der Waals surface area contributed by atoms with Gasteiger partial charge in [-0.05, 0) is 43.7 Å². The van der Waals surface area contributed by atoms with Crippen molar-refractivity contribution in [2.75, 3.05) is 31.6 Å². The number of aliphatic hydroxyl groups is 1. The number of hydrogen-bond acceptors (Lipinski definition) is 4. The highest BCUT2D eigenvalue weighted by Gasteiger charge is 2.13. The maximum absolute atomic E-state index is 11.6. The number of carbonyl (C=O) groups excluding carboxylic acids is 1. The first-order chi connectivity index (χ1) is 9.29. The molecule has 1 aromatic rings. The summed E-state index contributed by atoms with van der Waals surface area (Å²) in [6.45, 7) is 2.26. The van der Waals surface area contributed by atoms with Crippen LogP contribution in [0.1, 0.15) is 23.2 Å². The van der Waals surface area contributed by atoms with Crippen LogP contribution in [0, 0.1) is 0 Å². The Morgan fingerprint density at radius 2 is 2.16 bits per heavy atom. The van der Waals surface area contributed by atoms with E-state index in [0.29, 0.717) is 11.6 Å². The SMILES string of the molecule is O=C(NCCO)c1ccc(NCC2CCCN2)cc1. The van der Waals surface area contributed by atoms with E-state index in [1.165, 1.54) is 12.8 Å². The van der Waals surface area contributed by atoms with E-state index >= 15 is 0 Å². The van der Waals surface area contributed by atoms with Crippen molar-refractivity contribution in [3.05, 3.63) is 29.8 Å². The smallest absolute Gasteiger partial charge is 0.251 e. The van der Waals surface area contributed by atoms with Crippen molar-refractivity contribution in [1.82, 2.24) is 10.6 Å². The fraction of sp³-hybridized carbons (Fsp3) is 0.500. The quantitative estimate of drug-likeness (QED) is 0.605. The summed E-state index contributed by atoms with van der Waals surface area (Å²) in [7, 11) is 0. The molecule has 0 saturated carbocycles. The molecule has 104 valence electrons. The first-order valence-corrected chi connectivity index (χ1v) is 6.76. The van der Waals surface area contributed by atoms with Gasteiger partial charge < -0.3 is 21.1 Å². The third-order valence-electron chi connectivity index (χ3n) is 3.26. The van der Waals surface area contributed by atoms with Gasteiger partial charge in [0.05, 0.1) is 6.61 Å². The average molecular weight is 263 g/mol. The molecule has 0 spiro atoms. The second-order valence-corrected chi connectivity index (χ2v) is 4.73. The lowest BCUT2D eigenvalue weighted by Crippen LogP contribution is -2.29. The lowest BCUT2D eigenvalue weighted by atomic mass is 10.2. The summed E-state index contributed by atoms with van der Waals surface area (Å²) >= 11 is 0. The van der Waals surface area contributed by atoms with Gasteiger partial charge in [-0.15, -0.1) is 0 Å². The van der Waals surface area contributed by atoms with Gasteiger partial charge >= 0.3 is 0 Å². The summed E-state index contributed by atoms with van der Waals surface area (Å²) in [5, 5.41) is 18.1. The zero-order chi connectivity index (χ0) is 13.5. The molecule has 1 unspecified atom stereocenters. The second-order valence-electron chi connectivity index (χ2n) is 4.73. The number of aliphatic hydroxyl groups excluding tert-OH is 1. The van der Waals surface area contributed by atoms with Crippen LogP contribution in [0.25, 0.3) is 0 Å². The van der Waals surface area contributed by atoms with Crippen LogP contribution in [0.5, 0.6) is 0 Å². The van der Waals surface area contributed by atoms with Crippen molar-refractivity contribution in [3.8, 4) is 0 Å². The van der Waals surface area contributed by atoms with E-state index in [1.54, 1.807) is 12.1 Å². The van der Waals surface area contributed by atoms with Crippen molar-refractivity contribution >= 4 is 11.6 Å². The Bertz CT molecular complexity index is 400. The van der Waals surface area contributed by atoms with E-state index in [9.17, 15) is 4.79 Å². The van der Waals surface area contributed by atoms with Gasteiger partial charge in [0.2, 0.25) is 0 Å². The van der Waals surface area contributed by atoms with Gasteiger partial charge in [-0.2, -0.15) is 0 Å². The van der Waals surface area contributed by atoms with Gasteiger partial charge in [-0.1, -0.05) is 0 Å². The van der Waals surface area contributed by atoms with Crippen molar-refractivity contribution in [3.63, 3.8) is 0 Å². The highest BCUT2D eigenvalue weighted by atomic mass is 16.3. The third kappa shape index (κ3) is 4.22. The molecule has 2 rings (SSSR count). The molecule has 1 amide bonds. The predicted octanol–water partition coefficient (Wildman–Crippen LogP) is 0.573. The molecule has 5 heteroatoms. The van der Waals surface area contributed by atoms with Crippen LogP contribution >= 0.6 is 0 Å². The van der Waals surface area contributed by atoms with Crippen LogP contribution in [0.4, 0.5) is 5.69 Å². The van der Waals surface area contributed by atoms with E-state index in [-0.39, 0.29) is 19.1 Å². The molecule has 0 aliphatic carbocycles. The number of benzene rings is 1. The Balaban J connectivity index is 1.81. The molecule has 1 fully saturated rings. The molecule has 1 aliphatic heterocycles. The molecular weight excluding hydrogens is 242 g/mol. The molecule has 0 radical (unpaired) electrons. The fourth-order valence-electron chi connectivity index (χ4n) is 2.18. The van der Waals surface area contributed by atoms with Crippen LogP contribution < -0.4 is 16.0 Å². The maximum atomic E-state index is 11.6. The molecule has 5 nitrogen and oxygen atoms in total. The van der Waals surface area contributed by atoms with Gasteiger partial charge in [0.1, 0.15) is 0 Å². The third-order valence-corrected chi connectivity index (χ3v) is 3.26. The molecule has 1 aromatic carbocycles. The minimum absolute atomic E-state index is 0.0419. The summed E-state index contributed by atoms with van der Waals surface area (Å²) in [5.41, 5.74) is 1.63. The van der Waals surface area contributed by atoms with Gasteiger partial charge in [-0.3, -0.25) is 4.79 Å². The monoisotopic (exact) mass is 263 g/mol. The van der Waals surface area contributed by atoms with E-state index < -0.39 is 0 Å². The topological polar surface area (TPSA) is 73.4 Å². The minimum Gasteiger partial charge on any atom is -0.395 e. The number of amides is 1. The molecule has 1 heterocycles. The Labute approximate surface area is 113 Å². The minimum atomic E-state index is -0.155. The normalized spacial score (nSPS) is 18.3. The van der Waals surface area contributed by atoms with E-state index in [4.69, 9.17) is 5.11 Å². The number of carbonyl (C=O) groups is 1.